The maximum Gasteiger partial charge on any atom is 0.357 e. The zero-order chi connectivity index (χ0) is 22.9. The minimum Gasteiger partial charge on any atom is -0.464 e. The lowest BCUT2D eigenvalue weighted by Gasteiger charge is -2.40. The third-order valence-corrected chi connectivity index (χ3v) is 10.9. The summed E-state index contributed by atoms with van der Waals surface area (Å²) >= 11 is 1.43. The molecular formula is C21H42N4O3SSi. The fraction of sp³-hybridized carbons (Fsp3) is 0.810. The van der Waals surface area contributed by atoms with E-state index < -0.39 is 14.3 Å². The summed E-state index contributed by atoms with van der Waals surface area (Å²) in [5, 5.41) is 5.98. The molecule has 1 atom stereocenters. The first-order valence-electron chi connectivity index (χ1n) is 10.6. The zero-order valence-corrected chi connectivity index (χ0v) is 22.2. The van der Waals surface area contributed by atoms with Gasteiger partial charge in [0.25, 0.3) is 0 Å². The second kappa shape index (κ2) is 12.1. The molecular weight excluding hydrogens is 416 g/mol. The van der Waals surface area contributed by atoms with Crippen LogP contribution in [0.4, 0.5) is 5.13 Å². The van der Waals surface area contributed by atoms with Gasteiger partial charge in [-0.3, -0.25) is 0 Å². The van der Waals surface area contributed by atoms with Gasteiger partial charge in [0.05, 0.1) is 13.2 Å². The molecule has 1 unspecified atom stereocenters. The minimum atomic E-state index is -1.84. The van der Waals surface area contributed by atoms with Crippen LogP contribution in [0.1, 0.15) is 44.1 Å². The smallest absolute Gasteiger partial charge is 0.357 e. The number of ether oxygens (including phenoxy) is 1. The highest BCUT2D eigenvalue weighted by molar-refractivity contribution is 7.13. The standard InChI is InChI=1S/C21H42N4O3SSi/c1-21(2,3)30(8,9)28-17(15-25(6)14-13-24(4)5)11-10-12-22-20-23-18(16-29-20)19(26)27-7/h16-17H,10-15H2,1-9H3,(H,22,23). The molecule has 0 amide bonds. The van der Waals surface area contributed by atoms with Gasteiger partial charge in [0, 0.05) is 31.6 Å². The molecule has 1 aromatic heterocycles. The zero-order valence-electron chi connectivity index (χ0n) is 20.4. The van der Waals surface area contributed by atoms with Crippen molar-refractivity contribution in [2.75, 3.05) is 59.7 Å². The number of aromatic nitrogens is 1. The van der Waals surface area contributed by atoms with Crippen LogP contribution in [0, 0.1) is 0 Å². The van der Waals surface area contributed by atoms with Crippen molar-refractivity contribution in [3.05, 3.63) is 11.1 Å². The average molecular weight is 459 g/mol. The van der Waals surface area contributed by atoms with E-state index >= 15 is 0 Å². The molecule has 1 heterocycles. The highest BCUT2D eigenvalue weighted by Crippen LogP contribution is 2.37. The third kappa shape index (κ3) is 9.43. The molecule has 30 heavy (non-hydrogen) atoms. The van der Waals surface area contributed by atoms with E-state index in [1.165, 1.54) is 18.4 Å². The lowest BCUT2D eigenvalue weighted by atomic mass is 10.2. The van der Waals surface area contributed by atoms with Gasteiger partial charge in [-0.1, -0.05) is 20.8 Å². The quantitative estimate of drug-likeness (QED) is 0.272. The topological polar surface area (TPSA) is 66.9 Å². The summed E-state index contributed by atoms with van der Waals surface area (Å²) in [6.45, 7) is 15.3. The van der Waals surface area contributed by atoms with Crippen molar-refractivity contribution in [3.8, 4) is 0 Å². The molecule has 1 aromatic rings. The average Bonchev–Trinajstić information content (AvgIpc) is 3.10. The van der Waals surface area contributed by atoms with Crippen LogP contribution in [0.3, 0.4) is 0 Å². The van der Waals surface area contributed by atoms with E-state index in [2.05, 4.69) is 75.1 Å². The molecule has 9 heteroatoms. The predicted molar refractivity (Wildman–Crippen MR) is 129 cm³/mol. The Morgan fingerprint density at radius 3 is 2.50 bits per heavy atom. The monoisotopic (exact) mass is 458 g/mol. The summed E-state index contributed by atoms with van der Waals surface area (Å²) in [7, 11) is 5.91. The van der Waals surface area contributed by atoms with Crippen LogP contribution in [-0.4, -0.2) is 89.6 Å². The fourth-order valence-corrected chi connectivity index (χ4v) is 4.76. The van der Waals surface area contributed by atoms with Crippen LogP contribution in [0.25, 0.3) is 0 Å². The third-order valence-electron chi connectivity index (χ3n) is 5.59. The summed E-state index contributed by atoms with van der Waals surface area (Å²) in [5.74, 6) is -0.400. The molecule has 0 aliphatic rings. The number of rotatable bonds is 13. The Hall–Kier alpha value is -1.00. The Balaban J connectivity index is 2.61. The van der Waals surface area contributed by atoms with Crippen LogP contribution < -0.4 is 5.32 Å². The number of nitrogens with zero attached hydrogens (tertiary/aromatic N) is 3. The number of esters is 1. The van der Waals surface area contributed by atoms with Crippen molar-refractivity contribution in [2.24, 2.45) is 0 Å². The lowest BCUT2D eigenvalue weighted by Crippen LogP contribution is -2.47. The summed E-state index contributed by atoms with van der Waals surface area (Å²) in [6, 6.07) is 0. The van der Waals surface area contributed by atoms with Gasteiger partial charge in [-0.15, -0.1) is 11.3 Å². The first-order chi connectivity index (χ1) is 13.9. The predicted octanol–water partition coefficient (Wildman–Crippen LogP) is 4.01. The van der Waals surface area contributed by atoms with Gasteiger partial charge >= 0.3 is 5.97 Å². The number of hydrogen-bond donors (Lipinski definition) is 1. The van der Waals surface area contributed by atoms with Crippen LogP contribution in [0.15, 0.2) is 5.38 Å². The van der Waals surface area contributed by atoms with E-state index in [4.69, 9.17) is 9.16 Å². The van der Waals surface area contributed by atoms with E-state index in [-0.39, 0.29) is 11.1 Å². The second-order valence-electron chi connectivity index (χ2n) is 9.66. The van der Waals surface area contributed by atoms with Gasteiger partial charge in [-0.05, 0) is 52.1 Å². The van der Waals surface area contributed by atoms with E-state index in [9.17, 15) is 4.79 Å². The SMILES string of the molecule is COC(=O)c1csc(NCCCC(CN(C)CCN(C)C)O[Si](C)(C)C(C)(C)C)n1. The number of nitrogens with one attached hydrogen (secondary N) is 1. The molecule has 0 bridgehead atoms. The molecule has 1 rings (SSSR count). The van der Waals surface area contributed by atoms with Crippen molar-refractivity contribution in [2.45, 2.75) is 57.8 Å². The lowest BCUT2D eigenvalue weighted by molar-refractivity contribution is 0.0595. The van der Waals surface area contributed by atoms with Gasteiger partial charge in [-0.2, -0.15) is 0 Å². The number of carbonyl (C=O) groups is 1. The maximum absolute atomic E-state index is 11.5. The summed E-state index contributed by atoms with van der Waals surface area (Å²) in [6.07, 6.45) is 2.18. The number of likely N-dealkylation sites (N-methyl/N-ethyl adjacent to an activating group) is 2. The Bertz CT molecular complexity index is 646. The van der Waals surface area contributed by atoms with E-state index in [0.717, 1.165) is 44.2 Å². The van der Waals surface area contributed by atoms with E-state index in [0.29, 0.717) is 5.69 Å². The molecule has 0 saturated carbocycles. The van der Waals surface area contributed by atoms with Gasteiger partial charge in [0.2, 0.25) is 0 Å². The second-order valence-corrected chi connectivity index (χ2v) is 15.3. The van der Waals surface area contributed by atoms with Crippen molar-refractivity contribution < 1.29 is 14.0 Å². The Morgan fingerprint density at radius 2 is 1.93 bits per heavy atom. The molecule has 174 valence electrons. The first-order valence-corrected chi connectivity index (χ1v) is 14.4. The van der Waals surface area contributed by atoms with Crippen molar-refractivity contribution in [3.63, 3.8) is 0 Å². The van der Waals surface area contributed by atoms with Crippen molar-refractivity contribution in [1.82, 2.24) is 14.8 Å². The van der Waals surface area contributed by atoms with E-state index in [1.54, 1.807) is 5.38 Å². The number of methoxy groups -OCH3 is 1. The largest absolute Gasteiger partial charge is 0.464 e. The summed E-state index contributed by atoms with van der Waals surface area (Å²) in [5.41, 5.74) is 0.353. The van der Waals surface area contributed by atoms with Crippen LogP contribution in [-0.2, 0) is 9.16 Å². The van der Waals surface area contributed by atoms with E-state index in [1.807, 2.05) is 0 Å². The summed E-state index contributed by atoms with van der Waals surface area (Å²) < 4.78 is 11.5. The van der Waals surface area contributed by atoms with Gasteiger partial charge in [0.15, 0.2) is 19.1 Å². The molecule has 0 aliphatic heterocycles. The van der Waals surface area contributed by atoms with Crippen LogP contribution in [0.5, 0.6) is 0 Å². The van der Waals surface area contributed by atoms with Crippen molar-refractivity contribution in [1.29, 1.82) is 0 Å². The normalized spacial score (nSPS) is 13.7. The molecule has 0 aliphatic carbocycles. The van der Waals surface area contributed by atoms with Gasteiger partial charge in [-0.25, -0.2) is 9.78 Å². The maximum atomic E-state index is 11.5. The first kappa shape index (κ1) is 27.0. The fourth-order valence-electron chi connectivity index (χ4n) is 2.67. The highest BCUT2D eigenvalue weighted by atomic mass is 32.1. The van der Waals surface area contributed by atoms with Gasteiger partial charge in [0.1, 0.15) is 0 Å². The van der Waals surface area contributed by atoms with Crippen LogP contribution >= 0.6 is 11.3 Å². The minimum absolute atomic E-state index is 0.191. The van der Waals surface area contributed by atoms with Crippen LogP contribution in [0.2, 0.25) is 18.1 Å². The summed E-state index contributed by atoms with van der Waals surface area (Å²) in [4.78, 5) is 20.4. The molecule has 0 saturated heterocycles. The Morgan fingerprint density at radius 1 is 1.27 bits per heavy atom. The highest BCUT2D eigenvalue weighted by Gasteiger charge is 2.39. The molecule has 1 N–H and O–H groups in total. The molecule has 0 spiro atoms. The number of anilines is 1. The molecule has 0 aromatic carbocycles. The molecule has 7 nitrogen and oxygen atoms in total. The van der Waals surface area contributed by atoms with Crippen molar-refractivity contribution >= 4 is 30.8 Å². The number of thiazole rings is 1. The number of carbonyl (C=O) groups excluding carboxylic acids is 1. The Kier molecular flexibility index (Phi) is 10.9. The Labute approximate surface area is 188 Å². The number of hydrogen-bond acceptors (Lipinski definition) is 8. The molecule has 0 fully saturated rings. The van der Waals surface area contributed by atoms with Gasteiger partial charge < -0.3 is 24.3 Å². The molecule has 0 radical (unpaired) electrons.